The Labute approximate surface area is 182 Å². The fourth-order valence-electron chi connectivity index (χ4n) is 3.19. The van der Waals surface area contributed by atoms with Gasteiger partial charge in [0.05, 0.1) is 0 Å². The molecule has 1 fully saturated rings. The van der Waals surface area contributed by atoms with E-state index in [1.807, 2.05) is 48.5 Å². The molecule has 2 aromatic carbocycles. The number of allylic oxidation sites excluding steroid dienone is 1. The van der Waals surface area contributed by atoms with E-state index in [1.54, 1.807) is 23.7 Å². The number of amides is 1. The number of halogens is 1. The number of anilines is 1. The number of carbonyl (C=O) groups is 2. The van der Waals surface area contributed by atoms with Crippen molar-refractivity contribution in [2.75, 3.05) is 38.1 Å². The van der Waals surface area contributed by atoms with Gasteiger partial charge in [-0.2, -0.15) is 0 Å². The summed E-state index contributed by atoms with van der Waals surface area (Å²) in [5, 5.41) is 8.49. The molecular formula is C23H26ClN3O3. The highest BCUT2D eigenvalue weighted by atomic mass is 35.5. The predicted octanol–water partition coefficient (Wildman–Crippen LogP) is 3.27. The van der Waals surface area contributed by atoms with Gasteiger partial charge in [-0.15, -0.1) is 12.4 Å². The van der Waals surface area contributed by atoms with Gasteiger partial charge in [0.2, 0.25) is 0 Å². The first-order valence-corrected chi connectivity index (χ1v) is 9.54. The largest absolute Gasteiger partial charge is 0.368 e. The normalized spacial score (nSPS) is 14.7. The first kappa shape index (κ1) is 23.3. The van der Waals surface area contributed by atoms with Crippen LogP contribution >= 0.6 is 12.4 Å². The SMILES string of the molecule is CN1CCN(c2ccccc2C(=O)C=Cc2ccc(C=CC(=O)NO)cc2)CC1.Cl. The first-order valence-electron chi connectivity index (χ1n) is 9.54. The molecule has 1 amide bonds. The smallest absolute Gasteiger partial charge is 0.267 e. The van der Waals surface area contributed by atoms with Gasteiger partial charge in [0.15, 0.2) is 5.78 Å². The zero-order chi connectivity index (χ0) is 20.6. The maximum atomic E-state index is 12.8. The lowest BCUT2D eigenvalue weighted by atomic mass is 10.0. The van der Waals surface area contributed by atoms with Gasteiger partial charge in [-0.3, -0.25) is 14.8 Å². The number of nitrogens with one attached hydrogen (secondary N) is 1. The van der Waals surface area contributed by atoms with Crippen molar-refractivity contribution in [1.29, 1.82) is 0 Å². The van der Waals surface area contributed by atoms with Crippen molar-refractivity contribution in [2.45, 2.75) is 0 Å². The van der Waals surface area contributed by atoms with Gasteiger partial charge in [0, 0.05) is 43.5 Å². The number of hydrogen-bond donors (Lipinski definition) is 2. The van der Waals surface area contributed by atoms with Crippen molar-refractivity contribution in [3.05, 3.63) is 77.4 Å². The average molecular weight is 428 g/mol. The Hall–Kier alpha value is -2.93. The average Bonchev–Trinajstić information content (AvgIpc) is 2.77. The van der Waals surface area contributed by atoms with Gasteiger partial charge < -0.3 is 9.80 Å². The minimum absolute atomic E-state index is 0. The third-order valence-corrected chi connectivity index (χ3v) is 4.91. The number of piperazine rings is 1. The topological polar surface area (TPSA) is 72.9 Å². The van der Waals surface area contributed by atoms with E-state index in [2.05, 4.69) is 16.8 Å². The van der Waals surface area contributed by atoms with Gasteiger partial charge in [0.1, 0.15) is 0 Å². The fourth-order valence-corrected chi connectivity index (χ4v) is 3.19. The van der Waals surface area contributed by atoms with Crippen LogP contribution in [0.25, 0.3) is 12.2 Å². The molecule has 0 aliphatic carbocycles. The highest BCUT2D eigenvalue weighted by molar-refractivity contribution is 6.10. The summed E-state index contributed by atoms with van der Waals surface area (Å²) in [6.45, 7) is 3.79. The maximum Gasteiger partial charge on any atom is 0.267 e. The van der Waals surface area contributed by atoms with Crippen molar-refractivity contribution in [1.82, 2.24) is 10.4 Å². The zero-order valence-corrected chi connectivity index (χ0v) is 17.6. The van der Waals surface area contributed by atoms with E-state index in [0.29, 0.717) is 5.56 Å². The first-order chi connectivity index (χ1) is 14.1. The van der Waals surface area contributed by atoms with Crippen LogP contribution < -0.4 is 10.4 Å². The summed E-state index contributed by atoms with van der Waals surface area (Å²) in [7, 11) is 2.11. The highest BCUT2D eigenvalue weighted by Gasteiger charge is 2.18. The number of likely N-dealkylation sites (N-methyl/N-ethyl adjacent to an activating group) is 1. The van der Waals surface area contributed by atoms with Crippen LogP contribution in [0.4, 0.5) is 5.69 Å². The molecular weight excluding hydrogens is 402 g/mol. The molecule has 1 aliphatic rings. The van der Waals surface area contributed by atoms with Crippen molar-refractivity contribution in [3.8, 4) is 0 Å². The molecule has 7 heteroatoms. The Morgan fingerprint density at radius 3 is 2.07 bits per heavy atom. The summed E-state index contributed by atoms with van der Waals surface area (Å²) < 4.78 is 0. The maximum absolute atomic E-state index is 12.8. The van der Waals surface area contributed by atoms with Crippen molar-refractivity contribution >= 4 is 41.9 Å². The van der Waals surface area contributed by atoms with Gasteiger partial charge >= 0.3 is 0 Å². The van der Waals surface area contributed by atoms with E-state index in [0.717, 1.165) is 43.0 Å². The summed E-state index contributed by atoms with van der Waals surface area (Å²) >= 11 is 0. The Morgan fingerprint density at radius 1 is 0.900 bits per heavy atom. The fraction of sp³-hybridized carbons (Fsp3) is 0.217. The van der Waals surface area contributed by atoms with Crippen LogP contribution in [0.15, 0.2) is 60.7 Å². The molecule has 0 bridgehead atoms. The third kappa shape index (κ3) is 6.29. The predicted molar refractivity (Wildman–Crippen MR) is 122 cm³/mol. The molecule has 1 aliphatic heterocycles. The third-order valence-electron chi connectivity index (χ3n) is 4.91. The molecule has 0 aromatic heterocycles. The van der Waals surface area contributed by atoms with Crippen LogP contribution in [0, 0.1) is 0 Å². The van der Waals surface area contributed by atoms with Crippen LogP contribution in [0.2, 0.25) is 0 Å². The van der Waals surface area contributed by atoms with E-state index in [4.69, 9.17) is 5.21 Å². The molecule has 0 unspecified atom stereocenters. The standard InChI is InChI=1S/C23H25N3O3.ClH/c1-25-14-16-26(17-15-25)21-5-3-2-4-20(21)22(27)12-10-18-6-8-19(9-7-18)11-13-23(28)24-29;/h2-13,29H,14-17H2,1H3,(H,24,28);1H. The molecule has 1 saturated heterocycles. The molecule has 1 heterocycles. The summed E-state index contributed by atoms with van der Waals surface area (Å²) in [6, 6.07) is 15.2. The summed E-state index contributed by atoms with van der Waals surface area (Å²) in [5.74, 6) is -0.610. The number of hydroxylamine groups is 1. The molecule has 2 aromatic rings. The quantitative estimate of drug-likeness (QED) is 0.320. The van der Waals surface area contributed by atoms with Gasteiger partial charge in [-0.25, -0.2) is 5.48 Å². The molecule has 158 valence electrons. The van der Waals surface area contributed by atoms with E-state index >= 15 is 0 Å². The summed E-state index contributed by atoms with van der Waals surface area (Å²) in [5.41, 5.74) is 4.95. The zero-order valence-electron chi connectivity index (χ0n) is 16.8. The minimum Gasteiger partial charge on any atom is -0.368 e. The lowest BCUT2D eigenvalue weighted by Gasteiger charge is -2.34. The van der Waals surface area contributed by atoms with Crippen LogP contribution in [-0.4, -0.2) is 55.0 Å². The Kier molecular flexibility index (Phi) is 8.80. The van der Waals surface area contributed by atoms with Crippen molar-refractivity contribution in [2.24, 2.45) is 0 Å². The number of carbonyl (C=O) groups excluding carboxylic acids is 2. The molecule has 2 N–H and O–H groups in total. The Morgan fingerprint density at radius 2 is 1.47 bits per heavy atom. The molecule has 0 atom stereocenters. The number of hydrogen-bond acceptors (Lipinski definition) is 5. The number of ketones is 1. The molecule has 30 heavy (non-hydrogen) atoms. The monoisotopic (exact) mass is 427 g/mol. The van der Waals surface area contributed by atoms with Crippen molar-refractivity contribution in [3.63, 3.8) is 0 Å². The second-order valence-corrected chi connectivity index (χ2v) is 6.98. The Balaban J connectivity index is 0.00000320. The van der Waals surface area contributed by atoms with E-state index < -0.39 is 5.91 Å². The number of nitrogens with zero attached hydrogens (tertiary/aromatic N) is 2. The van der Waals surface area contributed by atoms with Crippen LogP contribution in [-0.2, 0) is 4.79 Å². The highest BCUT2D eigenvalue weighted by Crippen LogP contribution is 2.23. The van der Waals surface area contributed by atoms with Gasteiger partial charge in [0.25, 0.3) is 5.91 Å². The van der Waals surface area contributed by atoms with Crippen LogP contribution in [0.1, 0.15) is 21.5 Å². The minimum atomic E-state index is -0.585. The lowest BCUT2D eigenvalue weighted by molar-refractivity contribution is -0.124. The Bertz CT molecular complexity index is 918. The second kappa shape index (κ2) is 11.3. The molecule has 0 spiro atoms. The summed E-state index contributed by atoms with van der Waals surface area (Å²) in [4.78, 5) is 28.4. The number of benzene rings is 2. The molecule has 0 saturated carbocycles. The van der Waals surface area contributed by atoms with Crippen LogP contribution in [0.3, 0.4) is 0 Å². The second-order valence-electron chi connectivity index (χ2n) is 6.98. The lowest BCUT2D eigenvalue weighted by Crippen LogP contribution is -2.44. The summed E-state index contributed by atoms with van der Waals surface area (Å²) in [6.07, 6.45) is 6.22. The van der Waals surface area contributed by atoms with Crippen LogP contribution in [0.5, 0.6) is 0 Å². The molecule has 0 radical (unpaired) electrons. The van der Waals surface area contributed by atoms with Crippen molar-refractivity contribution < 1.29 is 14.8 Å². The van der Waals surface area contributed by atoms with Gasteiger partial charge in [-0.1, -0.05) is 42.5 Å². The number of para-hydroxylation sites is 1. The molecule has 6 nitrogen and oxygen atoms in total. The van der Waals surface area contributed by atoms with E-state index in [9.17, 15) is 9.59 Å². The van der Waals surface area contributed by atoms with E-state index in [1.165, 1.54) is 6.08 Å². The number of rotatable bonds is 6. The van der Waals surface area contributed by atoms with E-state index in [-0.39, 0.29) is 18.2 Å². The van der Waals surface area contributed by atoms with Gasteiger partial charge in [-0.05, 0) is 42.5 Å². The molecule has 3 rings (SSSR count).